The number of amides is 2. The van der Waals surface area contributed by atoms with Crippen molar-refractivity contribution in [3.05, 3.63) is 29.8 Å². The molecule has 0 heterocycles. The Morgan fingerprint density at radius 1 is 1.15 bits per heavy atom. The first-order chi connectivity index (χ1) is 12.1. The molecule has 140 valence electrons. The zero-order chi connectivity index (χ0) is 19.3. The van der Waals surface area contributed by atoms with Gasteiger partial charge in [-0.2, -0.15) is 0 Å². The number of ether oxygens (including phenoxy) is 1. The van der Waals surface area contributed by atoms with Gasteiger partial charge in [0.15, 0.2) is 5.78 Å². The van der Waals surface area contributed by atoms with Gasteiger partial charge in [0.05, 0.1) is 22.9 Å². The SMILES string of the molecule is COc1ccccc1C(=O)NNC(=O)C12CCC(C)(C(=O)C1Br)C2(C)C. The van der Waals surface area contributed by atoms with E-state index in [1.807, 2.05) is 20.8 Å². The molecule has 2 aliphatic rings. The van der Waals surface area contributed by atoms with Crippen molar-refractivity contribution in [3.8, 4) is 5.75 Å². The number of carbonyl (C=O) groups excluding carboxylic acids is 3. The van der Waals surface area contributed by atoms with Crippen LogP contribution < -0.4 is 15.6 Å². The average molecular weight is 423 g/mol. The smallest absolute Gasteiger partial charge is 0.273 e. The van der Waals surface area contributed by atoms with E-state index in [0.717, 1.165) is 0 Å². The number of hydrogen-bond acceptors (Lipinski definition) is 4. The second-order valence-corrected chi connectivity index (χ2v) is 8.68. The summed E-state index contributed by atoms with van der Waals surface area (Å²) in [5.41, 5.74) is 3.35. The molecule has 3 atom stereocenters. The van der Waals surface area contributed by atoms with Crippen molar-refractivity contribution < 1.29 is 19.1 Å². The Morgan fingerprint density at radius 3 is 2.38 bits per heavy atom. The Labute approximate surface area is 161 Å². The fourth-order valence-corrected chi connectivity index (χ4v) is 6.09. The average Bonchev–Trinajstić information content (AvgIpc) is 2.91. The lowest BCUT2D eigenvalue weighted by Crippen LogP contribution is -2.55. The van der Waals surface area contributed by atoms with Crippen LogP contribution in [0.3, 0.4) is 0 Å². The summed E-state index contributed by atoms with van der Waals surface area (Å²) >= 11 is 3.46. The van der Waals surface area contributed by atoms with E-state index in [1.165, 1.54) is 7.11 Å². The van der Waals surface area contributed by atoms with Gasteiger partial charge in [-0.3, -0.25) is 25.2 Å². The first kappa shape index (κ1) is 18.9. The summed E-state index contributed by atoms with van der Waals surface area (Å²) < 4.78 is 5.17. The van der Waals surface area contributed by atoms with Gasteiger partial charge in [0.2, 0.25) is 5.91 Å². The van der Waals surface area contributed by atoms with E-state index in [-0.39, 0.29) is 11.7 Å². The van der Waals surface area contributed by atoms with Gasteiger partial charge in [-0.15, -0.1) is 0 Å². The number of carbonyl (C=O) groups is 3. The normalized spacial score (nSPS) is 31.6. The molecule has 1 aromatic rings. The molecule has 0 spiro atoms. The fourth-order valence-electron chi connectivity index (χ4n) is 4.58. The Kier molecular flexibility index (Phi) is 4.42. The molecule has 1 aromatic carbocycles. The summed E-state index contributed by atoms with van der Waals surface area (Å²) in [5, 5.41) is 0. The summed E-state index contributed by atoms with van der Waals surface area (Å²) in [7, 11) is 1.48. The largest absolute Gasteiger partial charge is 0.496 e. The molecule has 2 aliphatic carbocycles. The molecular weight excluding hydrogens is 400 g/mol. The van der Waals surface area contributed by atoms with Gasteiger partial charge < -0.3 is 4.74 Å². The predicted octanol–water partition coefficient (Wildman–Crippen LogP) is 2.62. The Hall–Kier alpha value is -1.89. The quantitative estimate of drug-likeness (QED) is 0.578. The topological polar surface area (TPSA) is 84.5 Å². The van der Waals surface area contributed by atoms with E-state index in [4.69, 9.17) is 4.74 Å². The highest BCUT2D eigenvalue weighted by Crippen LogP contribution is 2.72. The summed E-state index contributed by atoms with van der Waals surface area (Å²) in [6.07, 6.45) is 1.25. The van der Waals surface area contributed by atoms with Crippen molar-refractivity contribution in [1.29, 1.82) is 0 Å². The van der Waals surface area contributed by atoms with Crippen LogP contribution in [0.1, 0.15) is 44.0 Å². The number of benzene rings is 1. The fraction of sp³-hybridized carbons (Fsp3) is 0.526. The van der Waals surface area contributed by atoms with E-state index < -0.39 is 27.0 Å². The van der Waals surface area contributed by atoms with Crippen molar-refractivity contribution in [3.63, 3.8) is 0 Å². The molecule has 2 bridgehead atoms. The zero-order valence-corrected chi connectivity index (χ0v) is 16.9. The summed E-state index contributed by atoms with van der Waals surface area (Å²) in [6, 6.07) is 6.76. The van der Waals surface area contributed by atoms with Gasteiger partial charge in [0, 0.05) is 5.41 Å². The molecule has 0 radical (unpaired) electrons. The highest BCUT2D eigenvalue weighted by atomic mass is 79.9. The lowest BCUT2D eigenvalue weighted by molar-refractivity contribution is -0.136. The van der Waals surface area contributed by atoms with Crippen molar-refractivity contribution in [2.24, 2.45) is 16.2 Å². The third-order valence-corrected chi connectivity index (χ3v) is 7.96. The zero-order valence-electron chi connectivity index (χ0n) is 15.3. The minimum atomic E-state index is -0.896. The van der Waals surface area contributed by atoms with Crippen molar-refractivity contribution in [2.75, 3.05) is 7.11 Å². The lowest BCUT2D eigenvalue weighted by atomic mass is 9.64. The standard InChI is InChI=1S/C19H23BrN2O4/c1-17(2)18(3)9-10-19(17,13(20)14(18)23)16(25)22-21-15(24)11-7-5-6-8-12(11)26-4/h5-8,13H,9-10H2,1-4H3,(H,21,24)(H,22,25). The highest BCUT2D eigenvalue weighted by Gasteiger charge is 2.76. The van der Waals surface area contributed by atoms with Crippen LogP contribution in [0, 0.1) is 16.2 Å². The molecule has 6 nitrogen and oxygen atoms in total. The maximum absolute atomic E-state index is 13.1. The number of para-hydroxylation sites is 1. The Bertz CT molecular complexity index is 793. The second kappa shape index (κ2) is 6.08. The Morgan fingerprint density at radius 2 is 1.81 bits per heavy atom. The van der Waals surface area contributed by atoms with Crippen LogP contribution in [0.4, 0.5) is 0 Å². The van der Waals surface area contributed by atoms with Crippen LogP contribution in [0.25, 0.3) is 0 Å². The van der Waals surface area contributed by atoms with Crippen LogP contribution in [-0.2, 0) is 9.59 Å². The van der Waals surface area contributed by atoms with Crippen LogP contribution in [0.5, 0.6) is 5.75 Å². The molecule has 0 aromatic heterocycles. The van der Waals surface area contributed by atoms with Gasteiger partial charge in [-0.1, -0.05) is 48.8 Å². The van der Waals surface area contributed by atoms with E-state index in [2.05, 4.69) is 26.8 Å². The van der Waals surface area contributed by atoms with Gasteiger partial charge >= 0.3 is 0 Å². The van der Waals surface area contributed by atoms with E-state index in [1.54, 1.807) is 24.3 Å². The third kappa shape index (κ3) is 2.19. The number of fused-ring (bicyclic) bond motifs is 2. The lowest BCUT2D eigenvalue weighted by Gasteiger charge is -2.39. The van der Waals surface area contributed by atoms with Crippen LogP contribution >= 0.6 is 15.9 Å². The first-order valence-corrected chi connectivity index (χ1v) is 9.47. The molecule has 0 saturated heterocycles. The molecule has 3 rings (SSSR count). The molecular formula is C19H23BrN2O4. The number of Topliss-reactive ketones (excluding diaryl/α,β-unsaturated/α-hetero) is 1. The molecule has 0 aliphatic heterocycles. The number of nitrogens with one attached hydrogen (secondary N) is 2. The van der Waals surface area contributed by atoms with Crippen LogP contribution in [0.2, 0.25) is 0 Å². The molecule has 2 amide bonds. The third-order valence-electron chi connectivity index (χ3n) is 6.77. The monoisotopic (exact) mass is 422 g/mol. The summed E-state index contributed by atoms with van der Waals surface area (Å²) in [5.74, 6) is -0.344. The van der Waals surface area contributed by atoms with Crippen molar-refractivity contribution >= 4 is 33.5 Å². The predicted molar refractivity (Wildman–Crippen MR) is 99.9 cm³/mol. The number of halogens is 1. The highest BCUT2D eigenvalue weighted by molar-refractivity contribution is 9.10. The molecule has 2 saturated carbocycles. The molecule has 7 heteroatoms. The molecule has 2 fully saturated rings. The second-order valence-electron chi connectivity index (χ2n) is 7.76. The molecule has 2 N–H and O–H groups in total. The molecule has 3 unspecified atom stereocenters. The van der Waals surface area contributed by atoms with Crippen molar-refractivity contribution in [2.45, 2.75) is 38.4 Å². The van der Waals surface area contributed by atoms with Crippen molar-refractivity contribution in [1.82, 2.24) is 10.9 Å². The maximum atomic E-state index is 13.1. The van der Waals surface area contributed by atoms with Gasteiger partial charge in [0.1, 0.15) is 5.75 Å². The van der Waals surface area contributed by atoms with Crippen LogP contribution in [-0.4, -0.2) is 29.5 Å². The maximum Gasteiger partial charge on any atom is 0.273 e. The minimum absolute atomic E-state index is 0.0555. The number of rotatable bonds is 3. The number of methoxy groups -OCH3 is 1. The van der Waals surface area contributed by atoms with E-state index in [0.29, 0.717) is 24.2 Å². The molecule has 26 heavy (non-hydrogen) atoms. The van der Waals surface area contributed by atoms with E-state index >= 15 is 0 Å². The van der Waals surface area contributed by atoms with Gasteiger partial charge in [0.25, 0.3) is 5.91 Å². The summed E-state index contributed by atoms with van der Waals surface area (Å²) in [6.45, 7) is 5.85. The number of hydrazine groups is 1. The number of hydrogen-bond donors (Lipinski definition) is 2. The number of alkyl halides is 1. The summed E-state index contributed by atoms with van der Waals surface area (Å²) in [4.78, 5) is 37.7. The minimum Gasteiger partial charge on any atom is -0.496 e. The van der Waals surface area contributed by atoms with Gasteiger partial charge in [-0.05, 0) is 30.4 Å². The number of ketones is 1. The van der Waals surface area contributed by atoms with E-state index in [9.17, 15) is 14.4 Å². The van der Waals surface area contributed by atoms with Gasteiger partial charge in [-0.25, -0.2) is 0 Å². The first-order valence-electron chi connectivity index (χ1n) is 8.55. The Balaban J connectivity index is 1.81. The van der Waals surface area contributed by atoms with Crippen LogP contribution in [0.15, 0.2) is 24.3 Å².